The van der Waals surface area contributed by atoms with Crippen LogP contribution in [0, 0.1) is 5.82 Å². The van der Waals surface area contributed by atoms with Crippen LogP contribution in [0.2, 0.25) is 0 Å². The van der Waals surface area contributed by atoms with Crippen molar-refractivity contribution in [1.82, 2.24) is 4.90 Å². The molecule has 0 radical (unpaired) electrons. The normalized spacial score (nSPS) is 16.9. The first-order valence-electron chi connectivity index (χ1n) is 6.53. The maximum absolute atomic E-state index is 13.1. The Morgan fingerprint density at radius 3 is 2.95 bits per heavy atom. The van der Waals surface area contributed by atoms with E-state index in [1.807, 2.05) is 11.0 Å². The monoisotopic (exact) mass is 293 g/mol. The van der Waals surface area contributed by atoms with E-state index in [0.29, 0.717) is 25.7 Å². The molecule has 2 aromatic rings. The number of nitrogens with zero attached hydrogens (tertiary/aromatic N) is 2. The third-order valence-electron chi connectivity index (χ3n) is 3.26. The zero-order chi connectivity index (χ0) is 13.9. The molecule has 6 heteroatoms. The molecule has 3 rings (SSSR count). The first-order valence-corrected chi connectivity index (χ1v) is 7.34. The van der Waals surface area contributed by atoms with E-state index in [0.717, 1.165) is 28.1 Å². The Morgan fingerprint density at radius 1 is 1.35 bits per heavy atom. The van der Waals surface area contributed by atoms with E-state index in [1.165, 1.54) is 6.07 Å². The average Bonchev–Trinajstić information content (AvgIpc) is 2.87. The van der Waals surface area contributed by atoms with Crippen LogP contribution in [0.15, 0.2) is 29.3 Å². The van der Waals surface area contributed by atoms with Gasteiger partial charge in [-0.25, -0.2) is 9.38 Å². The van der Waals surface area contributed by atoms with Crippen LogP contribution in [-0.4, -0.2) is 37.2 Å². The van der Waals surface area contributed by atoms with Crippen molar-refractivity contribution in [3.8, 4) is 0 Å². The molecule has 0 bridgehead atoms. The molecule has 1 aliphatic rings. The second-order valence-corrected chi connectivity index (χ2v) is 5.84. The highest BCUT2D eigenvalue weighted by atomic mass is 32.1. The van der Waals surface area contributed by atoms with Crippen molar-refractivity contribution in [3.63, 3.8) is 0 Å². The number of morpholine rings is 1. The van der Waals surface area contributed by atoms with Crippen LogP contribution >= 0.6 is 11.3 Å². The van der Waals surface area contributed by atoms with Crippen LogP contribution in [0.3, 0.4) is 0 Å². The zero-order valence-electron chi connectivity index (χ0n) is 11.0. The van der Waals surface area contributed by atoms with Gasteiger partial charge in [0.25, 0.3) is 0 Å². The van der Waals surface area contributed by atoms with Gasteiger partial charge in [0, 0.05) is 22.7 Å². The predicted molar refractivity (Wildman–Crippen MR) is 79.5 cm³/mol. The van der Waals surface area contributed by atoms with Crippen molar-refractivity contribution >= 4 is 27.4 Å². The van der Waals surface area contributed by atoms with E-state index in [1.54, 1.807) is 23.5 Å². The van der Waals surface area contributed by atoms with Crippen molar-refractivity contribution in [2.45, 2.75) is 6.54 Å². The molecule has 20 heavy (non-hydrogen) atoms. The molecule has 1 aliphatic heterocycles. The number of hydrogen-bond donors (Lipinski definition) is 1. The molecule has 0 aliphatic carbocycles. The minimum absolute atomic E-state index is 0.210. The van der Waals surface area contributed by atoms with Crippen LogP contribution in [0.1, 0.15) is 4.88 Å². The molecule has 0 amide bonds. The predicted octanol–water partition coefficient (Wildman–Crippen LogP) is 2.19. The van der Waals surface area contributed by atoms with Gasteiger partial charge in [0.15, 0.2) is 5.96 Å². The second kappa shape index (κ2) is 5.76. The molecule has 0 spiro atoms. The summed E-state index contributed by atoms with van der Waals surface area (Å²) in [5.74, 6) is 0.343. The first kappa shape index (κ1) is 13.3. The molecular formula is C14H16FN3OS. The third-order valence-corrected chi connectivity index (χ3v) is 4.36. The Bertz CT molecular complexity index is 634. The first-order chi connectivity index (χ1) is 9.72. The van der Waals surface area contributed by atoms with Crippen LogP contribution in [-0.2, 0) is 11.3 Å². The van der Waals surface area contributed by atoms with E-state index in [-0.39, 0.29) is 5.82 Å². The fourth-order valence-electron chi connectivity index (χ4n) is 2.20. The maximum atomic E-state index is 13.1. The minimum Gasteiger partial charge on any atom is -0.378 e. The standard InChI is InChI=1S/C14H16FN3OS/c15-11-1-2-13-10(7-11)8-12(20-13)9-17-14(16)18-3-5-19-6-4-18/h1-2,7-8H,3-6,9H2,(H2,16,17). The quantitative estimate of drug-likeness (QED) is 0.682. The van der Waals surface area contributed by atoms with Crippen molar-refractivity contribution in [2.24, 2.45) is 10.7 Å². The highest BCUT2D eigenvalue weighted by Gasteiger charge is 2.12. The molecule has 106 valence electrons. The Morgan fingerprint density at radius 2 is 2.15 bits per heavy atom. The van der Waals surface area contributed by atoms with Gasteiger partial charge in [-0.15, -0.1) is 11.3 Å². The van der Waals surface area contributed by atoms with Gasteiger partial charge in [0.05, 0.1) is 19.8 Å². The lowest BCUT2D eigenvalue weighted by atomic mass is 10.2. The maximum Gasteiger partial charge on any atom is 0.191 e. The van der Waals surface area contributed by atoms with Crippen molar-refractivity contribution in [3.05, 3.63) is 35.0 Å². The summed E-state index contributed by atoms with van der Waals surface area (Å²) in [5.41, 5.74) is 5.98. The van der Waals surface area contributed by atoms with Gasteiger partial charge in [0.2, 0.25) is 0 Å². The smallest absolute Gasteiger partial charge is 0.191 e. The van der Waals surface area contributed by atoms with Crippen LogP contribution in [0.5, 0.6) is 0 Å². The van der Waals surface area contributed by atoms with E-state index >= 15 is 0 Å². The zero-order valence-corrected chi connectivity index (χ0v) is 11.8. The summed E-state index contributed by atoms with van der Waals surface area (Å²) in [4.78, 5) is 7.53. The summed E-state index contributed by atoms with van der Waals surface area (Å²) in [5, 5.41) is 0.921. The number of aliphatic imine (C=N–C) groups is 1. The summed E-state index contributed by atoms with van der Waals surface area (Å²) in [6, 6.07) is 6.80. The molecule has 1 saturated heterocycles. The SMILES string of the molecule is NC(=NCc1cc2cc(F)ccc2s1)N1CCOCC1. The van der Waals surface area contributed by atoms with E-state index in [9.17, 15) is 4.39 Å². The molecule has 1 aromatic carbocycles. The van der Waals surface area contributed by atoms with Gasteiger partial charge in [-0.05, 0) is 29.7 Å². The molecule has 4 nitrogen and oxygen atoms in total. The average molecular weight is 293 g/mol. The summed E-state index contributed by atoms with van der Waals surface area (Å²) in [6.45, 7) is 3.49. The summed E-state index contributed by atoms with van der Waals surface area (Å²) >= 11 is 1.62. The Kier molecular flexibility index (Phi) is 3.84. The molecule has 2 N–H and O–H groups in total. The number of ether oxygens (including phenoxy) is 1. The lowest BCUT2D eigenvalue weighted by molar-refractivity contribution is 0.0674. The largest absolute Gasteiger partial charge is 0.378 e. The topological polar surface area (TPSA) is 50.8 Å². The second-order valence-electron chi connectivity index (χ2n) is 4.67. The van der Waals surface area contributed by atoms with Gasteiger partial charge < -0.3 is 15.4 Å². The lowest BCUT2D eigenvalue weighted by Gasteiger charge is -2.27. The molecule has 0 saturated carbocycles. The van der Waals surface area contributed by atoms with Crippen LogP contribution in [0.25, 0.3) is 10.1 Å². The number of benzene rings is 1. The highest BCUT2D eigenvalue weighted by molar-refractivity contribution is 7.19. The molecule has 2 heterocycles. The minimum atomic E-state index is -0.210. The fraction of sp³-hybridized carbons (Fsp3) is 0.357. The Labute approximate surface area is 120 Å². The third kappa shape index (κ3) is 2.91. The number of fused-ring (bicyclic) bond motifs is 1. The Balaban J connectivity index is 1.72. The van der Waals surface area contributed by atoms with Crippen LogP contribution < -0.4 is 5.73 Å². The van der Waals surface area contributed by atoms with Gasteiger partial charge >= 0.3 is 0 Å². The van der Waals surface area contributed by atoms with E-state index in [2.05, 4.69) is 4.99 Å². The number of hydrogen-bond acceptors (Lipinski definition) is 3. The number of halogens is 1. The summed E-state index contributed by atoms with van der Waals surface area (Å²) < 4.78 is 19.5. The molecule has 1 aromatic heterocycles. The summed E-state index contributed by atoms with van der Waals surface area (Å²) in [7, 11) is 0. The van der Waals surface area contributed by atoms with Crippen molar-refractivity contribution < 1.29 is 9.13 Å². The number of nitrogens with two attached hydrogens (primary N) is 1. The molecule has 0 atom stereocenters. The van der Waals surface area contributed by atoms with Gasteiger partial charge in [0.1, 0.15) is 5.82 Å². The highest BCUT2D eigenvalue weighted by Crippen LogP contribution is 2.26. The summed E-state index contributed by atoms with van der Waals surface area (Å²) in [6.07, 6.45) is 0. The van der Waals surface area contributed by atoms with Crippen molar-refractivity contribution in [2.75, 3.05) is 26.3 Å². The van der Waals surface area contributed by atoms with E-state index < -0.39 is 0 Å². The van der Waals surface area contributed by atoms with Gasteiger partial charge in [-0.3, -0.25) is 0 Å². The number of guanidine groups is 1. The molecule has 0 unspecified atom stereocenters. The van der Waals surface area contributed by atoms with Gasteiger partial charge in [-0.1, -0.05) is 0 Å². The number of rotatable bonds is 2. The molecule has 1 fully saturated rings. The number of thiophene rings is 1. The van der Waals surface area contributed by atoms with Crippen molar-refractivity contribution in [1.29, 1.82) is 0 Å². The molecular weight excluding hydrogens is 277 g/mol. The van der Waals surface area contributed by atoms with Gasteiger partial charge in [-0.2, -0.15) is 0 Å². The lowest BCUT2D eigenvalue weighted by Crippen LogP contribution is -2.44. The Hall–Kier alpha value is -1.66. The van der Waals surface area contributed by atoms with E-state index in [4.69, 9.17) is 10.5 Å². The van der Waals surface area contributed by atoms with Crippen LogP contribution in [0.4, 0.5) is 4.39 Å². The fourth-order valence-corrected chi connectivity index (χ4v) is 3.17.